The summed E-state index contributed by atoms with van der Waals surface area (Å²) in [5, 5.41) is 5.74. The largest absolute Gasteiger partial charge is 0.306 e. The summed E-state index contributed by atoms with van der Waals surface area (Å²) >= 11 is 1.68. The standard InChI is InChI=1S/C13H21N3S/c1-4-13(5-2,6-3)14-9-11-10-16-7-8-17-12(16)15-11/h7-8,10,14H,4-6,9H2,1-3H3. The molecule has 94 valence electrons. The maximum atomic E-state index is 4.60. The lowest BCUT2D eigenvalue weighted by molar-refractivity contribution is 0.287. The van der Waals surface area contributed by atoms with Crippen LogP contribution in [-0.4, -0.2) is 14.9 Å². The molecule has 1 N–H and O–H groups in total. The third-order valence-corrected chi connectivity index (χ3v) is 4.59. The average molecular weight is 251 g/mol. The molecule has 2 aromatic rings. The molecule has 0 unspecified atom stereocenters. The number of aromatic nitrogens is 2. The summed E-state index contributed by atoms with van der Waals surface area (Å²) in [5.41, 5.74) is 1.41. The highest BCUT2D eigenvalue weighted by atomic mass is 32.1. The Morgan fingerprint density at radius 1 is 1.29 bits per heavy atom. The highest BCUT2D eigenvalue weighted by molar-refractivity contribution is 7.15. The van der Waals surface area contributed by atoms with Crippen molar-refractivity contribution >= 4 is 16.3 Å². The van der Waals surface area contributed by atoms with E-state index in [1.807, 2.05) is 0 Å². The molecule has 0 aliphatic heterocycles. The first-order valence-corrected chi connectivity index (χ1v) is 7.27. The van der Waals surface area contributed by atoms with Crippen LogP contribution in [0.5, 0.6) is 0 Å². The number of imidazole rings is 1. The second kappa shape index (κ2) is 5.19. The lowest BCUT2D eigenvalue weighted by Crippen LogP contribution is -2.43. The third kappa shape index (κ3) is 2.53. The smallest absolute Gasteiger partial charge is 0.193 e. The van der Waals surface area contributed by atoms with Crippen LogP contribution < -0.4 is 5.32 Å². The summed E-state index contributed by atoms with van der Waals surface area (Å²) in [6.07, 6.45) is 7.68. The van der Waals surface area contributed by atoms with Crippen molar-refractivity contribution in [3.8, 4) is 0 Å². The molecule has 0 aliphatic rings. The molecule has 3 nitrogen and oxygen atoms in total. The van der Waals surface area contributed by atoms with Crippen LogP contribution in [0.2, 0.25) is 0 Å². The Kier molecular flexibility index (Phi) is 3.84. The first-order valence-electron chi connectivity index (χ1n) is 6.39. The lowest BCUT2D eigenvalue weighted by atomic mass is 9.90. The Bertz CT molecular complexity index is 431. The first kappa shape index (κ1) is 12.6. The van der Waals surface area contributed by atoms with Crippen LogP contribution >= 0.6 is 11.3 Å². The minimum Gasteiger partial charge on any atom is -0.306 e. The maximum Gasteiger partial charge on any atom is 0.193 e. The molecule has 2 aromatic heterocycles. The summed E-state index contributed by atoms with van der Waals surface area (Å²) < 4.78 is 2.09. The molecule has 0 radical (unpaired) electrons. The van der Waals surface area contributed by atoms with Crippen molar-refractivity contribution in [2.75, 3.05) is 0 Å². The van der Waals surface area contributed by atoms with Gasteiger partial charge < -0.3 is 5.32 Å². The zero-order chi connectivity index (χ0) is 12.3. The molecule has 4 heteroatoms. The van der Waals surface area contributed by atoms with Crippen LogP contribution in [0, 0.1) is 0 Å². The van der Waals surface area contributed by atoms with Crippen LogP contribution in [0.4, 0.5) is 0 Å². The summed E-state index contributed by atoms with van der Waals surface area (Å²) in [6, 6.07) is 0. The van der Waals surface area contributed by atoms with Crippen molar-refractivity contribution < 1.29 is 0 Å². The second-order valence-electron chi connectivity index (χ2n) is 4.52. The van der Waals surface area contributed by atoms with Crippen molar-refractivity contribution in [2.45, 2.75) is 52.1 Å². The van der Waals surface area contributed by atoms with Crippen LogP contribution in [0.1, 0.15) is 45.7 Å². The van der Waals surface area contributed by atoms with Gasteiger partial charge >= 0.3 is 0 Å². The molecule has 0 fully saturated rings. The Balaban J connectivity index is 2.04. The Labute approximate surface area is 107 Å². The lowest BCUT2D eigenvalue weighted by Gasteiger charge is -2.31. The maximum absolute atomic E-state index is 4.60. The summed E-state index contributed by atoms with van der Waals surface area (Å²) in [4.78, 5) is 5.68. The molecule has 0 spiro atoms. The predicted octanol–water partition coefficient (Wildman–Crippen LogP) is 3.45. The Morgan fingerprint density at radius 3 is 2.59 bits per heavy atom. The van der Waals surface area contributed by atoms with Gasteiger partial charge in [-0.2, -0.15) is 0 Å². The molecule has 2 rings (SSSR count). The SMILES string of the molecule is CCC(CC)(CC)NCc1cn2ccsc2n1. The van der Waals surface area contributed by atoms with E-state index in [1.54, 1.807) is 11.3 Å². The van der Waals surface area contributed by atoms with E-state index >= 15 is 0 Å². The Hall–Kier alpha value is -0.870. The minimum absolute atomic E-state index is 0.275. The molecular weight excluding hydrogens is 230 g/mol. The number of rotatable bonds is 6. The van der Waals surface area contributed by atoms with E-state index in [0.29, 0.717) is 0 Å². The molecule has 17 heavy (non-hydrogen) atoms. The van der Waals surface area contributed by atoms with Crippen LogP contribution in [-0.2, 0) is 6.54 Å². The van der Waals surface area contributed by atoms with E-state index in [4.69, 9.17) is 0 Å². The fraction of sp³-hybridized carbons (Fsp3) is 0.615. The van der Waals surface area contributed by atoms with Crippen molar-refractivity contribution in [3.05, 3.63) is 23.5 Å². The summed E-state index contributed by atoms with van der Waals surface area (Å²) in [7, 11) is 0. The van der Waals surface area contributed by atoms with Gasteiger partial charge in [0.2, 0.25) is 0 Å². The fourth-order valence-corrected chi connectivity index (χ4v) is 2.98. The predicted molar refractivity (Wildman–Crippen MR) is 73.5 cm³/mol. The first-order chi connectivity index (χ1) is 8.23. The molecule has 0 saturated heterocycles. The van der Waals surface area contributed by atoms with Gasteiger partial charge in [0.15, 0.2) is 4.96 Å². The third-order valence-electron chi connectivity index (χ3n) is 3.82. The normalized spacial score (nSPS) is 12.4. The van der Waals surface area contributed by atoms with Crippen LogP contribution in [0.15, 0.2) is 17.8 Å². The molecule has 2 heterocycles. The van der Waals surface area contributed by atoms with Crippen molar-refractivity contribution in [3.63, 3.8) is 0 Å². The van der Waals surface area contributed by atoms with Crippen molar-refractivity contribution in [1.82, 2.24) is 14.7 Å². The van der Waals surface area contributed by atoms with E-state index < -0.39 is 0 Å². The van der Waals surface area contributed by atoms with Gasteiger partial charge in [0.25, 0.3) is 0 Å². The number of fused-ring (bicyclic) bond motifs is 1. The monoisotopic (exact) mass is 251 g/mol. The van der Waals surface area contributed by atoms with E-state index in [0.717, 1.165) is 17.2 Å². The van der Waals surface area contributed by atoms with Gasteiger partial charge in [0.1, 0.15) is 0 Å². The molecule has 0 amide bonds. The fourth-order valence-electron chi connectivity index (χ4n) is 2.26. The van der Waals surface area contributed by atoms with E-state index in [1.165, 1.54) is 19.3 Å². The summed E-state index contributed by atoms with van der Waals surface area (Å²) in [6.45, 7) is 7.63. The van der Waals surface area contributed by atoms with Crippen LogP contribution in [0.3, 0.4) is 0 Å². The highest BCUT2D eigenvalue weighted by Gasteiger charge is 2.22. The van der Waals surface area contributed by atoms with Gasteiger partial charge in [-0.3, -0.25) is 4.40 Å². The van der Waals surface area contributed by atoms with Gasteiger partial charge in [0, 0.05) is 29.9 Å². The summed E-state index contributed by atoms with van der Waals surface area (Å²) in [5.74, 6) is 0. The zero-order valence-electron chi connectivity index (χ0n) is 10.9. The van der Waals surface area contributed by atoms with E-state index in [9.17, 15) is 0 Å². The molecule has 0 aliphatic carbocycles. The quantitative estimate of drug-likeness (QED) is 0.852. The van der Waals surface area contributed by atoms with E-state index in [-0.39, 0.29) is 5.54 Å². The van der Waals surface area contributed by atoms with Crippen molar-refractivity contribution in [2.24, 2.45) is 0 Å². The number of thiazole rings is 1. The number of hydrogen-bond acceptors (Lipinski definition) is 3. The molecule has 0 saturated carbocycles. The molecular formula is C13H21N3S. The second-order valence-corrected chi connectivity index (χ2v) is 5.39. The highest BCUT2D eigenvalue weighted by Crippen LogP contribution is 2.20. The van der Waals surface area contributed by atoms with Gasteiger partial charge in [-0.05, 0) is 19.3 Å². The van der Waals surface area contributed by atoms with Crippen molar-refractivity contribution in [1.29, 1.82) is 0 Å². The van der Waals surface area contributed by atoms with Crippen LogP contribution in [0.25, 0.3) is 4.96 Å². The molecule has 0 bridgehead atoms. The number of nitrogens with one attached hydrogen (secondary N) is 1. The van der Waals surface area contributed by atoms with E-state index in [2.05, 4.69) is 53.2 Å². The molecule has 0 aromatic carbocycles. The zero-order valence-corrected chi connectivity index (χ0v) is 11.7. The number of hydrogen-bond donors (Lipinski definition) is 1. The number of nitrogens with zero attached hydrogens (tertiary/aromatic N) is 2. The Morgan fingerprint density at radius 2 is 2.00 bits per heavy atom. The topological polar surface area (TPSA) is 29.3 Å². The average Bonchev–Trinajstić information content (AvgIpc) is 2.92. The minimum atomic E-state index is 0.275. The van der Waals surface area contributed by atoms with Gasteiger partial charge in [-0.25, -0.2) is 4.98 Å². The van der Waals surface area contributed by atoms with Gasteiger partial charge in [-0.1, -0.05) is 20.8 Å². The van der Waals surface area contributed by atoms with Gasteiger partial charge in [-0.15, -0.1) is 11.3 Å². The van der Waals surface area contributed by atoms with Gasteiger partial charge in [0.05, 0.1) is 5.69 Å². The molecule has 0 atom stereocenters.